The quantitative estimate of drug-likeness (QED) is 0.781. The summed E-state index contributed by atoms with van der Waals surface area (Å²) in [6.45, 7) is 5.59. The molecular formula is C17H17FO2. The van der Waals surface area contributed by atoms with Gasteiger partial charge in [0.15, 0.2) is 5.78 Å². The predicted molar refractivity (Wildman–Crippen MR) is 76.8 cm³/mol. The van der Waals surface area contributed by atoms with Crippen LogP contribution in [0.3, 0.4) is 0 Å². The summed E-state index contributed by atoms with van der Waals surface area (Å²) in [7, 11) is 0. The minimum Gasteiger partial charge on any atom is -0.490 e. The number of para-hydroxylation sites is 1. The lowest BCUT2D eigenvalue weighted by molar-refractivity contribution is 0.102. The van der Waals surface area contributed by atoms with Gasteiger partial charge in [0.25, 0.3) is 0 Å². The highest BCUT2D eigenvalue weighted by Crippen LogP contribution is 2.24. The number of benzene rings is 2. The molecule has 0 amide bonds. The van der Waals surface area contributed by atoms with Crippen LogP contribution < -0.4 is 4.74 Å². The highest BCUT2D eigenvalue weighted by atomic mass is 19.1. The van der Waals surface area contributed by atoms with Gasteiger partial charge in [0.05, 0.1) is 17.2 Å². The van der Waals surface area contributed by atoms with Gasteiger partial charge in [0.1, 0.15) is 11.6 Å². The number of carbonyl (C=O) groups is 1. The van der Waals surface area contributed by atoms with E-state index in [9.17, 15) is 9.18 Å². The van der Waals surface area contributed by atoms with Crippen LogP contribution in [0.1, 0.15) is 35.3 Å². The molecule has 0 aliphatic rings. The van der Waals surface area contributed by atoms with Crippen LogP contribution in [0.5, 0.6) is 5.75 Å². The van der Waals surface area contributed by atoms with Gasteiger partial charge in [-0.15, -0.1) is 0 Å². The fourth-order valence-corrected chi connectivity index (χ4v) is 1.97. The maximum Gasteiger partial charge on any atom is 0.199 e. The molecule has 0 radical (unpaired) electrons. The van der Waals surface area contributed by atoms with Crippen molar-refractivity contribution in [2.75, 3.05) is 0 Å². The van der Waals surface area contributed by atoms with E-state index in [0.29, 0.717) is 11.3 Å². The van der Waals surface area contributed by atoms with Crippen molar-refractivity contribution in [2.24, 2.45) is 0 Å². The molecule has 0 aliphatic heterocycles. The molecule has 3 heteroatoms. The zero-order valence-corrected chi connectivity index (χ0v) is 11.8. The summed E-state index contributed by atoms with van der Waals surface area (Å²) in [5, 5.41) is 0. The predicted octanol–water partition coefficient (Wildman–Crippen LogP) is 4.15. The summed E-state index contributed by atoms with van der Waals surface area (Å²) >= 11 is 0. The number of ether oxygens (including phenoxy) is 1. The van der Waals surface area contributed by atoms with Gasteiger partial charge in [-0.2, -0.15) is 0 Å². The Labute approximate surface area is 118 Å². The lowest BCUT2D eigenvalue weighted by Crippen LogP contribution is -2.11. The first kappa shape index (κ1) is 14.3. The van der Waals surface area contributed by atoms with E-state index >= 15 is 0 Å². The average molecular weight is 272 g/mol. The third kappa shape index (κ3) is 3.05. The fourth-order valence-electron chi connectivity index (χ4n) is 1.97. The smallest absolute Gasteiger partial charge is 0.199 e. The molecule has 0 spiro atoms. The van der Waals surface area contributed by atoms with Crippen LogP contribution in [0.25, 0.3) is 0 Å². The van der Waals surface area contributed by atoms with Crippen molar-refractivity contribution in [1.29, 1.82) is 0 Å². The van der Waals surface area contributed by atoms with Gasteiger partial charge in [-0.1, -0.05) is 23.8 Å². The maximum absolute atomic E-state index is 13.8. The van der Waals surface area contributed by atoms with Crippen LogP contribution in [0.4, 0.5) is 4.39 Å². The number of hydrogen-bond donors (Lipinski definition) is 0. The van der Waals surface area contributed by atoms with E-state index < -0.39 is 5.82 Å². The zero-order chi connectivity index (χ0) is 14.7. The molecule has 0 aromatic heterocycles. The van der Waals surface area contributed by atoms with Crippen LogP contribution in [0, 0.1) is 12.7 Å². The Kier molecular flexibility index (Phi) is 4.18. The second-order valence-corrected chi connectivity index (χ2v) is 4.98. The summed E-state index contributed by atoms with van der Waals surface area (Å²) in [6.07, 6.45) is -0.0497. The summed E-state index contributed by atoms with van der Waals surface area (Å²) in [4.78, 5) is 12.5. The van der Waals surface area contributed by atoms with E-state index in [-0.39, 0.29) is 17.5 Å². The van der Waals surface area contributed by atoms with Crippen LogP contribution in [0.2, 0.25) is 0 Å². The molecule has 0 aliphatic carbocycles. The Morgan fingerprint density at radius 3 is 2.50 bits per heavy atom. The highest BCUT2D eigenvalue weighted by molar-refractivity contribution is 6.11. The van der Waals surface area contributed by atoms with Crippen molar-refractivity contribution in [1.82, 2.24) is 0 Å². The summed E-state index contributed by atoms with van der Waals surface area (Å²) in [5.74, 6) is -0.393. The molecule has 0 heterocycles. The summed E-state index contributed by atoms with van der Waals surface area (Å²) < 4.78 is 19.5. The molecule has 20 heavy (non-hydrogen) atoms. The fraction of sp³-hybridized carbons (Fsp3) is 0.235. The Hall–Kier alpha value is -2.16. The molecule has 0 bridgehead atoms. The van der Waals surface area contributed by atoms with Crippen molar-refractivity contribution in [2.45, 2.75) is 26.9 Å². The monoisotopic (exact) mass is 272 g/mol. The minimum absolute atomic E-state index is 0.0497. The molecule has 2 rings (SSSR count). The van der Waals surface area contributed by atoms with Gasteiger partial charge < -0.3 is 4.74 Å². The Morgan fingerprint density at radius 2 is 1.80 bits per heavy atom. The molecule has 0 N–H and O–H groups in total. The van der Waals surface area contributed by atoms with Gasteiger partial charge in [0.2, 0.25) is 0 Å². The van der Waals surface area contributed by atoms with Crippen molar-refractivity contribution >= 4 is 5.78 Å². The van der Waals surface area contributed by atoms with Crippen molar-refractivity contribution < 1.29 is 13.9 Å². The van der Waals surface area contributed by atoms with E-state index in [1.165, 1.54) is 6.07 Å². The molecule has 104 valence electrons. The molecule has 2 aromatic carbocycles. The molecular weight excluding hydrogens is 255 g/mol. The average Bonchev–Trinajstić information content (AvgIpc) is 2.41. The molecule has 0 saturated carbocycles. The van der Waals surface area contributed by atoms with Gasteiger partial charge in [-0.3, -0.25) is 4.79 Å². The third-order valence-corrected chi connectivity index (χ3v) is 2.86. The van der Waals surface area contributed by atoms with Crippen LogP contribution >= 0.6 is 0 Å². The first-order chi connectivity index (χ1) is 9.49. The number of carbonyl (C=O) groups excluding carboxylic acids is 1. The zero-order valence-electron chi connectivity index (χ0n) is 11.8. The number of halogens is 1. The maximum atomic E-state index is 13.8. The standard InChI is InChI=1S/C17H17FO2/c1-11(2)20-16-7-5-4-6-13(16)17(19)14-10-12(3)8-9-15(14)18/h4-11H,1-3H3. The van der Waals surface area contributed by atoms with Gasteiger partial charge in [0, 0.05) is 0 Å². The number of aryl methyl sites for hydroxylation is 1. The minimum atomic E-state index is -0.514. The van der Waals surface area contributed by atoms with Crippen LogP contribution in [-0.4, -0.2) is 11.9 Å². The van der Waals surface area contributed by atoms with Crippen LogP contribution in [0.15, 0.2) is 42.5 Å². The Balaban J connectivity index is 2.45. The molecule has 2 aromatic rings. The van der Waals surface area contributed by atoms with Crippen molar-refractivity contribution in [3.8, 4) is 5.75 Å². The lowest BCUT2D eigenvalue weighted by Gasteiger charge is -2.13. The van der Waals surface area contributed by atoms with Crippen molar-refractivity contribution in [3.63, 3.8) is 0 Å². The first-order valence-corrected chi connectivity index (χ1v) is 6.55. The van der Waals surface area contributed by atoms with Gasteiger partial charge in [-0.05, 0) is 45.0 Å². The SMILES string of the molecule is Cc1ccc(F)c(C(=O)c2ccccc2OC(C)C)c1. The van der Waals surface area contributed by atoms with Crippen molar-refractivity contribution in [3.05, 3.63) is 65.0 Å². The largest absolute Gasteiger partial charge is 0.490 e. The van der Waals surface area contributed by atoms with E-state index in [0.717, 1.165) is 5.56 Å². The van der Waals surface area contributed by atoms with E-state index in [4.69, 9.17) is 4.74 Å². The van der Waals surface area contributed by atoms with Gasteiger partial charge in [-0.25, -0.2) is 4.39 Å². The molecule has 0 fully saturated rings. The van der Waals surface area contributed by atoms with E-state index in [1.54, 1.807) is 36.4 Å². The topological polar surface area (TPSA) is 26.3 Å². The lowest BCUT2D eigenvalue weighted by atomic mass is 10.0. The Bertz CT molecular complexity index is 633. The van der Waals surface area contributed by atoms with Crippen LogP contribution in [-0.2, 0) is 0 Å². The highest BCUT2D eigenvalue weighted by Gasteiger charge is 2.18. The molecule has 0 atom stereocenters. The Morgan fingerprint density at radius 1 is 1.10 bits per heavy atom. The summed E-state index contributed by atoms with van der Waals surface area (Å²) in [5.41, 5.74) is 1.30. The molecule has 0 saturated heterocycles. The second kappa shape index (κ2) is 5.87. The summed E-state index contributed by atoms with van der Waals surface area (Å²) in [6, 6.07) is 11.4. The third-order valence-electron chi connectivity index (χ3n) is 2.86. The molecule has 2 nitrogen and oxygen atoms in total. The first-order valence-electron chi connectivity index (χ1n) is 6.55. The van der Waals surface area contributed by atoms with E-state index in [1.807, 2.05) is 20.8 Å². The normalized spacial score (nSPS) is 10.7. The number of ketones is 1. The van der Waals surface area contributed by atoms with E-state index in [2.05, 4.69) is 0 Å². The van der Waals surface area contributed by atoms with Gasteiger partial charge >= 0.3 is 0 Å². The second-order valence-electron chi connectivity index (χ2n) is 4.98. The molecule has 0 unspecified atom stereocenters. The number of hydrogen-bond acceptors (Lipinski definition) is 2. The number of rotatable bonds is 4.